The van der Waals surface area contributed by atoms with Gasteiger partial charge in [-0.1, -0.05) is 35.5 Å². The number of amides is 1. The molecule has 0 aliphatic carbocycles. The molecule has 116 valence electrons. The number of nitrogens with one attached hydrogen (secondary N) is 2. The Morgan fingerprint density at radius 2 is 2.23 bits per heavy atom. The highest BCUT2D eigenvalue weighted by Gasteiger charge is 2.16. The van der Waals surface area contributed by atoms with Gasteiger partial charge in [-0.2, -0.15) is 0 Å². The third-order valence-corrected chi connectivity index (χ3v) is 3.91. The average Bonchev–Trinajstić information content (AvgIpc) is 3.03. The van der Waals surface area contributed by atoms with Crippen LogP contribution in [0.25, 0.3) is 0 Å². The van der Waals surface area contributed by atoms with Crippen molar-refractivity contribution in [3.8, 4) is 0 Å². The van der Waals surface area contributed by atoms with Gasteiger partial charge in [0.2, 0.25) is 0 Å². The van der Waals surface area contributed by atoms with Gasteiger partial charge in [0.05, 0.1) is 12.7 Å². The normalized spacial score (nSPS) is 18.1. The number of aromatic nitrogens is 3. The highest BCUT2D eigenvalue weighted by molar-refractivity contribution is 5.91. The molecular formula is C16H21N5O. The summed E-state index contributed by atoms with van der Waals surface area (Å²) < 4.78 is 1.69. The second-order valence-corrected chi connectivity index (χ2v) is 5.71. The van der Waals surface area contributed by atoms with E-state index < -0.39 is 0 Å². The Hall–Kier alpha value is -2.21. The SMILES string of the molecule is O=C(NCC1CCCNC1)c1cn(Cc2ccccc2)nn1. The van der Waals surface area contributed by atoms with E-state index in [-0.39, 0.29) is 5.91 Å². The van der Waals surface area contributed by atoms with E-state index in [4.69, 9.17) is 0 Å². The Kier molecular flexibility index (Phi) is 4.80. The number of hydrogen-bond donors (Lipinski definition) is 2. The smallest absolute Gasteiger partial charge is 0.273 e. The largest absolute Gasteiger partial charge is 0.350 e. The van der Waals surface area contributed by atoms with Gasteiger partial charge >= 0.3 is 0 Å². The van der Waals surface area contributed by atoms with Crippen LogP contribution in [0, 0.1) is 5.92 Å². The second kappa shape index (κ2) is 7.17. The van der Waals surface area contributed by atoms with Crippen LogP contribution in [0.2, 0.25) is 0 Å². The van der Waals surface area contributed by atoms with Crippen LogP contribution in [0.4, 0.5) is 0 Å². The molecule has 22 heavy (non-hydrogen) atoms. The number of carbonyl (C=O) groups is 1. The summed E-state index contributed by atoms with van der Waals surface area (Å²) in [5, 5.41) is 14.3. The summed E-state index contributed by atoms with van der Waals surface area (Å²) in [6.45, 7) is 3.37. The summed E-state index contributed by atoms with van der Waals surface area (Å²) in [5.41, 5.74) is 1.51. The minimum absolute atomic E-state index is 0.148. The Morgan fingerprint density at radius 1 is 1.36 bits per heavy atom. The zero-order chi connectivity index (χ0) is 15.2. The summed E-state index contributed by atoms with van der Waals surface area (Å²) in [6, 6.07) is 10.00. The van der Waals surface area contributed by atoms with Crippen molar-refractivity contribution in [2.24, 2.45) is 5.92 Å². The molecule has 1 aliphatic rings. The van der Waals surface area contributed by atoms with E-state index >= 15 is 0 Å². The Labute approximate surface area is 129 Å². The van der Waals surface area contributed by atoms with Gasteiger partial charge in [0, 0.05) is 6.54 Å². The molecule has 0 radical (unpaired) electrons. The quantitative estimate of drug-likeness (QED) is 0.866. The van der Waals surface area contributed by atoms with Crippen molar-refractivity contribution < 1.29 is 4.79 Å². The molecule has 2 heterocycles. The van der Waals surface area contributed by atoms with Crippen molar-refractivity contribution >= 4 is 5.91 Å². The van der Waals surface area contributed by atoms with E-state index in [1.54, 1.807) is 10.9 Å². The Bertz CT molecular complexity index is 604. The lowest BCUT2D eigenvalue weighted by Gasteiger charge is -2.22. The topological polar surface area (TPSA) is 71.8 Å². The molecule has 1 atom stereocenters. The van der Waals surface area contributed by atoms with Gasteiger partial charge in [-0.25, -0.2) is 4.68 Å². The molecule has 0 spiro atoms. The van der Waals surface area contributed by atoms with Gasteiger partial charge in [-0.05, 0) is 37.4 Å². The molecule has 0 bridgehead atoms. The second-order valence-electron chi connectivity index (χ2n) is 5.71. The van der Waals surface area contributed by atoms with Crippen LogP contribution >= 0.6 is 0 Å². The molecule has 2 N–H and O–H groups in total. The van der Waals surface area contributed by atoms with Crippen LogP contribution in [0.5, 0.6) is 0 Å². The predicted octanol–water partition coefficient (Wildman–Crippen LogP) is 1.06. The zero-order valence-electron chi connectivity index (χ0n) is 12.5. The van der Waals surface area contributed by atoms with Gasteiger partial charge in [0.15, 0.2) is 5.69 Å². The molecule has 6 heteroatoms. The molecule has 1 aromatic heterocycles. The molecule has 3 rings (SSSR count). The fourth-order valence-corrected chi connectivity index (χ4v) is 2.68. The Morgan fingerprint density at radius 3 is 3.00 bits per heavy atom. The number of rotatable bonds is 5. The number of benzene rings is 1. The minimum atomic E-state index is -0.148. The maximum absolute atomic E-state index is 12.1. The van der Waals surface area contributed by atoms with E-state index in [0.717, 1.165) is 25.1 Å². The van der Waals surface area contributed by atoms with Gasteiger partial charge < -0.3 is 10.6 Å². The molecule has 1 amide bonds. The third kappa shape index (κ3) is 3.92. The summed E-state index contributed by atoms with van der Waals surface area (Å²) in [4.78, 5) is 12.1. The van der Waals surface area contributed by atoms with Crippen molar-refractivity contribution in [1.82, 2.24) is 25.6 Å². The lowest BCUT2D eigenvalue weighted by Crippen LogP contribution is -2.38. The number of piperidine rings is 1. The highest BCUT2D eigenvalue weighted by atomic mass is 16.2. The first-order valence-corrected chi connectivity index (χ1v) is 7.74. The van der Waals surface area contributed by atoms with Gasteiger partial charge in [0.1, 0.15) is 0 Å². The number of hydrogen-bond acceptors (Lipinski definition) is 4. The molecule has 0 saturated carbocycles. The van der Waals surface area contributed by atoms with Crippen LogP contribution in [-0.4, -0.2) is 40.5 Å². The standard InChI is InChI=1S/C16H21N5O/c22-16(18-10-14-7-4-8-17-9-14)15-12-21(20-19-15)11-13-5-2-1-3-6-13/h1-3,5-6,12,14,17H,4,7-11H2,(H,18,22). The molecule has 1 aromatic carbocycles. The minimum Gasteiger partial charge on any atom is -0.350 e. The van der Waals surface area contributed by atoms with E-state index in [2.05, 4.69) is 20.9 Å². The van der Waals surface area contributed by atoms with E-state index in [1.165, 1.54) is 6.42 Å². The molecule has 2 aromatic rings. The van der Waals surface area contributed by atoms with Crippen LogP contribution < -0.4 is 10.6 Å². The van der Waals surface area contributed by atoms with E-state index in [0.29, 0.717) is 24.7 Å². The summed E-state index contributed by atoms with van der Waals surface area (Å²) in [5.74, 6) is 0.363. The van der Waals surface area contributed by atoms with Crippen molar-refractivity contribution in [1.29, 1.82) is 0 Å². The van der Waals surface area contributed by atoms with E-state index in [1.807, 2.05) is 30.3 Å². The molecule has 1 unspecified atom stereocenters. The number of carbonyl (C=O) groups excluding carboxylic acids is 1. The summed E-state index contributed by atoms with van der Waals surface area (Å²) >= 11 is 0. The molecule has 1 saturated heterocycles. The maximum Gasteiger partial charge on any atom is 0.273 e. The fourth-order valence-electron chi connectivity index (χ4n) is 2.68. The predicted molar refractivity (Wildman–Crippen MR) is 83.5 cm³/mol. The van der Waals surface area contributed by atoms with Crippen molar-refractivity contribution in [3.63, 3.8) is 0 Å². The average molecular weight is 299 g/mol. The lowest BCUT2D eigenvalue weighted by molar-refractivity contribution is 0.0939. The monoisotopic (exact) mass is 299 g/mol. The first-order chi connectivity index (χ1) is 10.8. The van der Waals surface area contributed by atoms with Crippen LogP contribution in [0.15, 0.2) is 36.5 Å². The fraction of sp³-hybridized carbons (Fsp3) is 0.438. The summed E-state index contributed by atoms with van der Waals surface area (Å²) in [6.07, 6.45) is 4.03. The van der Waals surface area contributed by atoms with Crippen molar-refractivity contribution in [3.05, 3.63) is 47.8 Å². The van der Waals surface area contributed by atoms with E-state index in [9.17, 15) is 4.79 Å². The van der Waals surface area contributed by atoms with Crippen LogP contribution in [0.1, 0.15) is 28.9 Å². The first-order valence-electron chi connectivity index (χ1n) is 7.74. The molecule has 6 nitrogen and oxygen atoms in total. The highest BCUT2D eigenvalue weighted by Crippen LogP contribution is 2.08. The summed E-state index contributed by atoms with van der Waals surface area (Å²) in [7, 11) is 0. The lowest BCUT2D eigenvalue weighted by atomic mass is 10.00. The van der Waals surface area contributed by atoms with Gasteiger partial charge in [0.25, 0.3) is 5.91 Å². The van der Waals surface area contributed by atoms with Crippen LogP contribution in [0.3, 0.4) is 0 Å². The van der Waals surface area contributed by atoms with Crippen LogP contribution in [-0.2, 0) is 6.54 Å². The van der Waals surface area contributed by atoms with Gasteiger partial charge in [-0.15, -0.1) is 5.10 Å². The molecule has 1 aliphatic heterocycles. The first kappa shape index (κ1) is 14.7. The molecule has 1 fully saturated rings. The van der Waals surface area contributed by atoms with Crippen molar-refractivity contribution in [2.45, 2.75) is 19.4 Å². The third-order valence-electron chi connectivity index (χ3n) is 3.91. The molecular weight excluding hydrogens is 278 g/mol. The maximum atomic E-state index is 12.1. The zero-order valence-corrected chi connectivity index (χ0v) is 12.5. The van der Waals surface area contributed by atoms with Gasteiger partial charge in [-0.3, -0.25) is 4.79 Å². The number of nitrogens with zero attached hydrogens (tertiary/aromatic N) is 3. The Balaban J connectivity index is 1.52. The van der Waals surface area contributed by atoms with Crippen molar-refractivity contribution in [2.75, 3.05) is 19.6 Å².